The van der Waals surface area contributed by atoms with Crippen LogP contribution in [0.1, 0.15) is 49.4 Å². The molecule has 1 nitrogen and oxygen atoms in total. The zero-order valence-electron chi connectivity index (χ0n) is 12.1. The summed E-state index contributed by atoms with van der Waals surface area (Å²) >= 11 is 0. The molecule has 1 unspecified atom stereocenters. The van der Waals surface area contributed by atoms with Crippen LogP contribution in [-0.4, -0.2) is 25.1 Å². The van der Waals surface area contributed by atoms with Gasteiger partial charge in [-0.15, -0.1) is 0 Å². The van der Waals surface area contributed by atoms with Gasteiger partial charge in [-0.25, -0.2) is 0 Å². The van der Waals surface area contributed by atoms with Crippen molar-refractivity contribution in [2.24, 2.45) is 0 Å². The Balaban J connectivity index is 2.29. The van der Waals surface area contributed by atoms with E-state index in [2.05, 4.69) is 46.1 Å². The molecule has 2 aliphatic rings. The average Bonchev–Trinajstić information content (AvgIpc) is 2.33. The first-order valence-electron chi connectivity index (χ1n) is 7.12. The first-order chi connectivity index (χ1) is 8.50. The van der Waals surface area contributed by atoms with E-state index in [0.29, 0.717) is 6.04 Å². The third-order valence-corrected chi connectivity index (χ3v) is 4.79. The molecular formula is C17H24N+. The van der Waals surface area contributed by atoms with Gasteiger partial charge in [-0.2, -0.15) is 0 Å². The number of hydrogen-bond acceptors (Lipinski definition) is 0. The fourth-order valence-electron chi connectivity index (χ4n) is 3.85. The van der Waals surface area contributed by atoms with Gasteiger partial charge in [-0.05, 0) is 37.8 Å². The molecule has 0 aromatic heterocycles. The largest absolute Gasteiger partial charge is 0.319 e. The molecule has 3 rings (SSSR count). The smallest absolute Gasteiger partial charge is 0.115 e. The molecule has 0 radical (unpaired) electrons. The first-order valence-corrected chi connectivity index (χ1v) is 7.12. The summed E-state index contributed by atoms with van der Waals surface area (Å²) in [5.74, 6) is 0. The van der Waals surface area contributed by atoms with Crippen LogP contribution in [0.5, 0.6) is 0 Å². The molecule has 0 N–H and O–H groups in total. The quantitative estimate of drug-likeness (QED) is 0.604. The summed E-state index contributed by atoms with van der Waals surface area (Å²) in [6.45, 7) is 5.71. The van der Waals surface area contributed by atoms with Gasteiger partial charge in [0.2, 0.25) is 0 Å². The number of benzene rings is 1. The van der Waals surface area contributed by atoms with Gasteiger partial charge in [0.1, 0.15) is 12.6 Å². The number of nitrogens with zero attached hydrogens (tertiary/aromatic N) is 1. The van der Waals surface area contributed by atoms with Crippen molar-refractivity contribution >= 4 is 5.57 Å². The Bertz CT molecular complexity index is 518. The van der Waals surface area contributed by atoms with E-state index in [-0.39, 0.29) is 0 Å². The fourth-order valence-corrected chi connectivity index (χ4v) is 3.85. The molecule has 96 valence electrons. The predicted molar refractivity (Wildman–Crippen MR) is 77.4 cm³/mol. The molecule has 18 heavy (non-hydrogen) atoms. The first kappa shape index (κ1) is 12.0. The number of allylic oxidation sites excluding steroid dienone is 1. The van der Waals surface area contributed by atoms with Gasteiger partial charge < -0.3 is 4.48 Å². The summed E-state index contributed by atoms with van der Waals surface area (Å²) in [7, 11) is 4.80. The second-order valence-electron chi connectivity index (χ2n) is 6.70. The van der Waals surface area contributed by atoms with Crippen molar-refractivity contribution in [1.29, 1.82) is 0 Å². The van der Waals surface area contributed by atoms with Gasteiger partial charge in [-0.3, -0.25) is 0 Å². The van der Waals surface area contributed by atoms with Crippen LogP contribution in [-0.2, 0) is 6.42 Å². The summed E-state index contributed by atoms with van der Waals surface area (Å²) in [4.78, 5) is 0. The minimum Gasteiger partial charge on any atom is -0.319 e. The number of quaternary nitrogens is 1. The van der Waals surface area contributed by atoms with E-state index in [1.165, 1.54) is 31.4 Å². The van der Waals surface area contributed by atoms with Crippen LogP contribution in [0.4, 0.5) is 0 Å². The summed E-state index contributed by atoms with van der Waals surface area (Å²) in [5, 5.41) is 0. The van der Waals surface area contributed by atoms with Crippen LogP contribution in [0, 0.1) is 0 Å². The number of hydrogen-bond donors (Lipinski definition) is 0. The van der Waals surface area contributed by atoms with Gasteiger partial charge in [-0.1, -0.05) is 23.8 Å². The third kappa shape index (κ3) is 1.65. The van der Waals surface area contributed by atoms with Gasteiger partial charge in [0.25, 0.3) is 0 Å². The lowest BCUT2D eigenvalue weighted by atomic mass is 9.77. The Labute approximate surface area is 111 Å². The summed E-state index contributed by atoms with van der Waals surface area (Å²) < 4.78 is 1.13. The molecule has 0 fully saturated rings. The highest BCUT2D eigenvalue weighted by molar-refractivity contribution is 5.74. The van der Waals surface area contributed by atoms with Gasteiger partial charge in [0, 0.05) is 17.6 Å². The fraction of sp³-hybridized carbons (Fsp3) is 0.529. The second kappa shape index (κ2) is 3.96. The van der Waals surface area contributed by atoms with Crippen LogP contribution < -0.4 is 0 Å². The predicted octanol–water partition coefficient (Wildman–Crippen LogP) is 3.95. The molecule has 1 aliphatic heterocycles. The Hall–Kier alpha value is -1.08. The Kier molecular flexibility index (Phi) is 2.63. The molecule has 1 aromatic rings. The molecule has 0 bridgehead atoms. The third-order valence-electron chi connectivity index (χ3n) is 4.79. The van der Waals surface area contributed by atoms with E-state index in [1.807, 2.05) is 0 Å². The van der Waals surface area contributed by atoms with Crippen LogP contribution in [0.15, 0.2) is 23.8 Å². The lowest BCUT2D eigenvalue weighted by Gasteiger charge is -2.46. The lowest BCUT2D eigenvalue weighted by molar-refractivity contribution is -0.916. The van der Waals surface area contributed by atoms with Crippen LogP contribution in [0.25, 0.3) is 5.57 Å². The molecule has 1 aliphatic carbocycles. The van der Waals surface area contributed by atoms with Crippen molar-refractivity contribution in [1.82, 2.24) is 0 Å². The highest BCUT2D eigenvalue weighted by Gasteiger charge is 2.40. The number of rotatable bonds is 0. The normalized spacial score (nSPS) is 24.7. The summed E-state index contributed by atoms with van der Waals surface area (Å²) in [6, 6.07) is 7.66. The van der Waals surface area contributed by atoms with Crippen LogP contribution >= 0.6 is 0 Å². The van der Waals surface area contributed by atoms with Gasteiger partial charge >= 0.3 is 0 Å². The molecule has 1 heteroatoms. The van der Waals surface area contributed by atoms with Crippen molar-refractivity contribution in [3.8, 4) is 0 Å². The molecular weight excluding hydrogens is 218 g/mol. The molecule has 0 saturated heterocycles. The number of likely N-dealkylation sites (N-methyl/N-ethyl adjacent to an activating group) is 1. The molecule has 0 saturated carbocycles. The maximum absolute atomic E-state index is 2.40. The SMILES string of the molecule is CC(C)=C1C[N+](C)(C)C2CCCc3cccc1c32. The summed E-state index contributed by atoms with van der Waals surface area (Å²) in [6.07, 6.45) is 3.98. The minimum absolute atomic E-state index is 0.716. The van der Waals surface area contributed by atoms with Crippen molar-refractivity contribution in [3.05, 3.63) is 40.5 Å². The Morgan fingerprint density at radius 3 is 2.72 bits per heavy atom. The van der Waals surface area contributed by atoms with Crippen LogP contribution in [0.2, 0.25) is 0 Å². The average molecular weight is 242 g/mol. The van der Waals surface area contributed by atoms with Crippen molar-refractivity contribution in [2.45, 2.75) is 39.2 Å². The standard InChI is InChI=1S/C17H24N/c1-12(2)15-11-18(3,4)16-10-6-8-13-7-5-9-14(15)17(13)16/h5,7,9,16H,6,8,10-11H2,1-4H3/q+1. The van der Waals surface area contributed by atoms with Crippen molar-refractivity contribution in [2.75, 3.05) is 20.6 Å². The van der Waals surface area contributed by atoms with E-state index in [1.54, 1.807) is 22.3 Å². The molecule has 1 heterocycles. The molecule has 1 aromatic carbocycles. The van der Waals surface area contributed by atoms with E-state index in [9.17, 15) is 0 Å². The number of aryl methyl sites for hydroxylation is 1. The second-order valence-corrected chi connectivity index (χ2v) is 6.70. The van der Waals surface area contributed by atoms with Crippen molar-refractivity contribution < 1.29 is 4.48 Å². The monoisotopic (exact) mass is 242 g/mol. The highest BCUT2D eigenvalue weighted by Crippen LogP contribution is 2.46. The lowest BCUT2D eigenvalue weighted by Crippen LogP contribution is -2.48. The van der Waals surface area contributed by atoms with Gasteiger partial charge in [0.15, 0.2) is 0 Å². The molecule has 0 spiro atoms. The zero-order valence-corrected chi connectivity index (χ0v) is 12.1. The van der Waals surface area contributed by atoms with Gasteiger partial charge in [0.05, 0.1) is 14.1 Å². The zero-order chi connectivity index (χ0) is 12.9. The maximum Gasteiger partial charge on any atom is 0.115 e. The maximum atomic E-state index is 2.40. The van der Waals surface area contributed by atoms with Crippen LogP contribution in [0.3, 0.4) is 0 Å². The Morgan fingerprint density at radius 2 is 2.00 bits per heavy atom. The van der Waals surface area contributed by atoms with E-state index in [4.69, 9.17) is 0 Å². The van der Waals surface area contributed by atoms with E-state index >= 15 is 0 Å². The summed E-state index contributed by atoms with van der Waals surface area (Å²) in [5.41, 5.74) is 7.88. The highest BCUT2D eigenvalue weighted by atomic mass is 15.3. The topological polar surface area (TPSA) is 0 Å². The minimum atomic E-state index is 0.716. The molecule has 0 amide bonds. The Morgan fingerprint density at radius 1 is 1.22 bits per heavy atom. The molecule has 1 atom stereocenters. The van der Waals surface area contributed by atoms with E-state index < -0.39 is 0 Å². The van der Waals surface area contributed by atoms with Crippen molar-refractivity contribution in [3.63, 3.8) is 0 Å². The van der Waals surface area contributed by atoms with E-state index in [0.717, 1.165) is 4.48 Å².